The van der Waals surface area contributed by atoms with E-state index in [1.54, 1.807) is 18.0 Å². The van der Waals surface area contributed by atoms with Crippen LogP contribution in [0.2, 0.25) is 5.02 Å². The van der Waals surface area contributed by atoms with E-state index in [2.05, 4.69) is 28.8 Å². The Balaban J connectivity index is 1.85. The lowest BCUT2D eigenvalue weighted by Crippen LogP contribution is -2.30. The van der Waals surface area contributed by atoms with Gasteiger partial charge in [0.25, 0.3) is 0 Å². The van der Waals surface area contributed by atoms with Crippen molar-refractivity contribution in [2.75, 3.05) is 20.1 Å². The van der Waals surface area contributed by atoms with Crippen molar-refractivity contribution in [3.63, 3.8) is 0 Å². The molecule has 4 heterocycles. The fraction of sp³-hybridized carbons (Fsp3) is 0.467. The lowest BCUT2D eigenvalue weighted by atomic mass is 10.0. The Morgan fingerprint density at radius 2 is 2.10 bits per heavy atom. The van der Waals surface area contributed by atoms with Crippen molar-refractivity contribution >= 4 is 29.7 Å². The maximum Gasteiger partial charge on any atom is 0.142 e. The van der Waals surface area contributed by atoms with Gasteiger partial charge in [-0.15, -0.1) is 0 Å². The molecule has 0 aliphatic carbocycles. The minimum Gasteiger partial charge on any atom is -0.356 e. The molecule has 110 valence electrons. The Kier molecular flexibility index (Phi) is 3.15. The highest BCUT2D eigenvalue weighted by molar-refractivity contribution is 8.03. The zero-order valence-electron chi connectivity index (χ0n) is 12.1. The summed E-state index contributed by atoms with van der Waals surface area (Å²) in [6.45, 7) is 4.30. The average Bonchev–Trinajstić information content (AvgIpc) is 3.11. The van der Waals surface area contributed by atoms with E-state index in [-0.39, 0.29) is 6.04 Å². The molecule has 3 aliphatic rings. The first kappa shape index (κ1) is 13.5. The number of halogens is 1. The van der Waals surface area contributed by atoms with Crippen molar-refractivity contribution in [3.8, 4) is 0 Å². The second-order valence-electron chi connectivity index (χ2n) is 5.75. The van der Waals surface area contributed by atoms with Crippen molar-refractivity contribution in [3.05, 3.63) is 33.1 Å². The third-order valence-corrected chi connectivity index (χ3v) is 5.94. The molecule has 4 rings (SSSR count). The molecule has 0 radical (unpaired) electrons. The molecule has 1 aromatic heterocycles. The van der Waals surface area contributed by atoms with E-state index in [0.29, 0.717) is 0 Å². The highest BCUT2D eigenvalue weighted by Gasteiger charge is 2.39. The molecule has 1 aromatic rings. The standard InChI is InChI=1S/C15H17ClN4S/c1-9-10(16)7-17-15-11(9)12-13(21-15)14(18-8-19(12)2)20-5-3-4-6-20/h7-8,12H,3-6H2,1-2H3. The van der Waals surface area contributed by atoms with Gasteiger partial charge in [0.05, 0.1) is 22.3 Å². The van der Waals surface area contributed by atoms with E-state index in [9.17, 15) is 0 Å². The smallest absolute Gasteiger partial charge is 0.142 e. The Morgan fingerprint density at radius 3 is 2.86 bits per heavy atom. The minimum atomic E-state index is 0.212. The van der Waals surface area contributed by atoms with Crippen LogP contribution < -0.4 is 0 Å². The van der Waals surface area contributed by atoms with Crippen LogP contribution in [0.3, 0.4) is 0 Å². The predicted octanol–water partition coefficient (Wildman–Crippen LogP) is 3.43. The second kappa shape index (κ2) is 4.92. The van der Waals surface area contributed by atoms with Gasteiger partial charge in [-0.3, -0.25) is 0 Å². The summed E-state index contributed by atoms with van der Waals surface area (Å²) < 4.78 is 0. The Hall–Kier alpha value is -1.20. The van der Waals surface area contributed by atoms with E-state index < -0.39 is 0 Å². The SMILES string of the molecule is Cc1c(Cl)cnc2c1C1C(=C(N3CCCC3)N=CN1C)S2. The monoisotopic (exact) mass is 320 g/mol. The molecule has 6 heteroatoms. The van der Waals surface area contributed by atoms with E-state index >= 15 is 0 Å². The molecule has 0 N–H and O–H groups in total. The quantitative estimate of drug-likeness (QED) is 0.793. The molecule has 1 saturated heterocycles. The summed E-state index contributed by atoms with van der Waals surface area (Å²) in [5.41, 5.74) is 2.38. The van der Waals surface area contributed by atoms with Gasteiger partial charge in [0.2, 0.25) is 0 Å². The molecule has 1 fully saturated rings. The molecule has 3 aliphatic heterocycles. The summed E-state index contributed by atoms with van der Waals surface area (Å²) in [5, 5.41) is 1.82. The van der Waals surface area contributed by atoms with Gasteiger partial charge in [-0.05, 0) is 25.3 Å². The number of likely N-dealkylation sites (N-methyl/N-ethyl adjacent to an activating group) is 1. The van der Waals surface area contributed by atoms with Crippen molar-refractivity contribution in [1.82, 2.24) is 14.8 Å². The summed E-state index contributed by atoms with van der Waals surface area (Å²) in [7, 11) is 2.07. The van der Waals surface area contributed by atoms with Gasteiger partial charge in [0, 0.05) is 31.9 Å². The molecule has 0 spiro atoms. The number of fused-ring (bicyclic) bond motifs is 3. The average molecular weight is 321 g/mol. The summed E-state index contributed by atoms with van der Waals surface area (Å²) in [4.78, 5) is 15.1. The Morgan fingerprint density at radius 1 is 1.33 bits per heavy atom. The van der Waals surface area contributed by atoms with Crippen molar-refractivity contribution < 1.29 is 0 Å². The number of hydrogen-bond acceptors (Lipinski definition) is 5. The summed E-state index contributed by atoms with van der Waals surface area (Å²) in [6.07, 6.45) is 6.22. The summed E-state index contributed by atoms with van der Waals surface area (Å²) in [5.74, 6) is 1.13. The van der Waals surface area contributed by atoms with Crippen molar-refractivity contribution in [2.24, 2.45) is 4.99 Å². The van der Waals surface area contributed by atoms with Crippen LogP contribution in [0.25, 0.3) is 0 Å². The highest BCUT2D eigenvalue weighted by Crippen LogP contribution is 2.53. The lowest BCUT2D eigenvalue weighted by molar-refractivity contribution is 0.376. The molecule has 21 heavy (non-hydrogen) atoms. The third-order valence-electron chi connectivity index (χ3n) is 4.41. The van der Waals surface area contributed by atoms with Gasteiger partial charge in [0.1, 0.15) is 10.8 Å². The number of likely N-dealkylation sites (tertiary alicyclic amines) is 1. The Bertz CT molecular complexity index is 664. The van der Waals surface area contributed by atoms with Gasteiger partial charge in [-0.2, -0.15) is 0 Å². The molecular formula is C15H17ClN4S. The van der Waals surface area contributed by atoms with Crippen molar-refractivity contribution in [2.45, 2.75) is 30.8 Å². The van der Waals surface area contributed by atoms with Crippen LogP contribution in [0.5, 0.6) is 0 Å². The molecule has 1 unspecified atom stereocenters. The first-order valence-corrected chi connectivity index (χ1v) is 8.44. The highest BCUT2D eigenvalue weighted by atomic mass is 35.5. The third kappa shape index (κ3) is 1.98. The van der Waals surface area contributed by atoms with E-state index in [1.807, 2.05) is 6.34 Å². The number of hydrogen-bond donors (Lipinski definition) is 0. The van der Waals surface area contributed by atoms with Crippen LogP contribution in [-0.4, -0.2) is 41.3 Å². The molecule has 4 nitrogen and oxygen atoms in total. The number of rotatable bonds is 1. The maximum absolute atomic E-state index is 6.28. The molecule has 0 saturated carbocycles. The van der Waals surface area contributed by atoms with E-state index in [0.717, 1.165) is 34.5 Å². The summed E-state index contributed by atoms with van der Waals surface area (Å²) >= 11 is 8.04. The van der Waals surface area contributed by atoms with Crippen LogP contribution in [-0.2, 0) is 0 Å². The largest absolute Gasteiger partial charge is 0.356 e. The first-order valence-electron chi connectivity index (χ1n) is 7.25. The van der Waals surface area contributed by atoms with E-state index in [4.69, 9.17) is 16.6 Å². The number of pyridine rings is 1. The minimum absolute atomic E-state index is 0.212. The van der Waals surface area contributed by atoms with Gasteiger partial charge in [-0.25, -0.2) is 9.98 Å². The van der Waals surface area contributed by atoms with Gasteiger partial charge < -0.3 is 9.80 Å². The number of nitrogens with zero attached hydrogens (tertiary/aromatic N) is 4. The van der Waals surface area contributed by atoms with Gasteiger partial charge in [0.15, 0.2) is 0 Å². The van der Waals surface area contributed by atoms with Crippen molar-refractivity contribution in [1.29, 1.82) is 0 Å². The lowest BCUT2D eigenvalue weighted by Gasteiger charge is -2.32. The normalized spacial score (nSPS) is 23.9. The van der Waals surface area contributed by atoms with Gasteiger partial charge in [-0.1, -0.05) is 23.4 Å². The van der Waals surface area contributed by atoms with Crippen LogP contribution in [0.15, 0.2) is 26.9 Å². The maximum atomic E-state index is 6.28. The second-order valence-corrected chi connectivity index (χ2v) is 7.18. The Labute approximate surface area is 133 Å². The zero-order valence-corrected chi connectivity index (χ0v) is 13.7. The summed E-state index contributed by atoms with van der Waals surface area (Å²) in [6, 6.07) is 0.212. The first-order chi connectivity index (χ1) is 10.2. The number of aromatic nitrogens is 1. The number of thioether (sulfide) groups is 1. The van der Waals surface area contributed by atoms with Crippen LogP contribution in [0.4, 0.5) is 0 Å². The van der Waals surface area contributed by atoms with Crippen LogP contribution in [0, 0.1) is 6.92 Å². The molecule has 0 aromatic carbocycles. The van der Waals surface area contributed by atoms with Crippen LogP contribution in [0.1, 0.15) is 30.0 Å². The zero-order chi connectivity index (χ0) is 14.6. The fourth-order valence-electron chi connectivity index (χ4n) is 3.26. The molecule has 1 atom stereocenters. The fourth-order valence-corrected chi connectivity index (χ4v) is 4.77. The molecule has 0 bridgehead atoms. The van der Waals surface area contributed by atoms with E-state index in [1.165, 1.54) is 23.3 Å². The number of aliphatic imine (C=N–C) groups is 1. The topological polar surface area (TPSA) is 31.7 Å². The van der Waals surface area contributed by atoms with Gasteiger partial charge >= 0.3 is 0 Å². The molecular weight excluding hydrogens is 304 g/mol. The van der Waals surface area contributed by atoms with Crippen LogP contribution >= 0.6 is 23.4 Å². The predicted molar refractivity (Wildman–Crippen MR) is 86.7 cm³/mol. The molecule has 0 amide bonds.